The van der Waals surface area contributed by atoms with Gasteiger partial charge in [0.15, 0.2) is 5.96 Å². The lowest BCUT2D eigenvalue weighted by Gasteiger charge is -2.22. The maximum atomic E-state index is 6.08. The van der Waals surface area contributed by atoms with Gasteiger partial charge in [-0.1, -0.05) is 6.07 Å². The van der Waals surface area contributed by atoms with E-state index in [-0.39, 0.29) is 24.0 Å². The Morgan fingerprint density at radius 3 is 3.00 bits per heavy atom. The first kappa shape index (κ1) is 18.2. The van der Waals surface area contributed by atoms with E-state index < -0.39 is 0 Å². The highest BCUT2D eigenvalue weighted by Crippen LogP contribution is 2.25. The zero-order valence-electron chi connectivity index (χ0n) is 14.5. The summed E-state index contributed by atoms with van der Waals surface area (Å²) in [6, 6.07) is 6.51. The summed E-state index contributed by atoms with van der Waals surface area (Å²) in [5.74, 6) is 3.08. The molecule has 4 rings (SSSR count). The molecular formula is C18H25IN6. The summed E-state index contributed by atoms with van der Waals surface area (Å²) in [5, 5.41) is 11.6. The number of aromatic nitrogens is 3. The van der Waals surface area contributed by atoms with Gasteiger partial charge in [-0.25, -0.2) is 0 Å². The quantitative estimate of drug-likeness (QED) is 0.427. The van der Waals surface area contributed by atoms with Crippen molar-refractivity contribution in [2.24, 2.45) is 16.6 Å². The van der Waals surface area contributed by atoms with Gasteiger partial charge in [0, 0.05) is 25.2 Å². The lowest BCUT2D eigenvalue weighted by atomic mass is 9.99. The zero-order valence-corrected chi connectivity index (χ0v) is 16.9. The lowest BCUT2D eigenvalue weighted by molar-refractivity contribution is 0.370. The van der Waals surface area contributed by atoms with Gasteiger partial charge in [-0.15, -0.1) is 34.2 Å². The molecule has 0 radical (unpaired) electrons. The van der Waals surface area contributed by atoms with Crippen LogP contribution in [0.15, 0.2) is 23.2 Å². The summed E-state index contributed by atoms with van der Waals surface area (Å²) in [5.41, 5.74) is 10.0. The highest BCUT2D eigenvalue weighted by atomic mass is 127. The number of aryl methyl sites for hydroxylation is 4. The molecule has 0 saturated heterocycles. The molecule has 25 heavy (non-hydrogen) atoms. The predicted molar refractivity (Wildman–Crippen MR) is 111 cm³/mol. The normalized spacial score (nSPS) is 19.1. The van der Waals surface area contributed by atoms with Gasteiger partial charge in [0.1, 0.15) is 11.6 Å². The van der Waals surface area contributed by atoms with E-state index in [9.17, 15) is 0 Å². The number of guanidine groups is 1. The Morgan fingerprint density at radius 1 is 1.28 bits per heavy atom. The Balaban J connectivity index is 0.00000182. The molecule has 1 unspecified atom stereocenters. The molecule has 134 valence electrons. The van der Waals surface area contributed by atoms with Crippen molar-refractivity contribution in [2.75, 3.05) is 11.9 Å². The smallest absolute Gasteiger partial charge is 0.193 e. The summed E-state index contributed by atoms with van der Waals surface area (Å²) in [4.78, 5) is 4.55. The third-order valence-electron chi connectivity index (χ3n) is 5.12. The average Bonchev–Trinajstić information content (AvgIpc) is 3.19. The molecule has 6 nitrogen and oxygen atoms in total. The third-order valence-corrected chi connectivity index (χ3v) is 5.12. The van der Waals surface area contributed by atoms with Crippen molar-refractivity contribution < 1.29 is 0 Å². The molecule has 3 N–H and O–H groups in total. The maximum absolute atomic E-state index is 6.08. The number of nitrogens with two attached hydrogens (primary N) is 1. The first-order chi connectivity index (χ1) is 11.7. The number of hydrogen-bond acceptors (Lipinski definition) is 3. The molecule has 1 atom stereocenters. The number of halogens is 1. The highest BCUT2D eigenvalue weighted by molar-refractivity contribution is 14.0. The van der Waals surface area contributed by atoms with Crippen molar-refractivity contribution in [1.29, 1.82) is 0 Å². The minimum absolute atomic E-state index is 0. The summed E-state index contributed by atoms with van der Waals surface area (Å²) in [7, 11) is 0. The van der Waals surface area contributed by atoms with Gasteiger partial charge in [-0.05, 0) is 61.8 Å². The number of anilines is 1. The summed E-state index contributed by atoms with van der Waals surface area (Å²) < 4.78 is 2.20. The third kappa shape index (κ3) is 3.96. The minimum Gasteiger partial charge on any atom is -0.370 e. The van der Waals surface area contributed by atoms with E-state index in [1.54, 1.807) is 0 Å². The van der Waals surface area contributed by atoms with Crippen LogP contribution in [0.5, 0.6) is 0 Å². The molecule has 0 fully saturated rings. The molecule has 1 aliphatic carbocycles. The van der Waals surface area contributed by atoms with E-state index >= 15 is 0 Å². The number of hydrogen-bond donors (Lipinski definition) is 2. The van der Waals surface area contributed by atoms with Gasteiger partial charge in [0.2, 0.25) is 0 Å². The summed E-state index contributed by atoms with van der Waals surface area (Å²) in [6.45, 7) is 3.68. The molecule has 7 heteroatoms. The molecule has 2 heterocycles. The van der Waals surface area contributed by atoms with E-state index in [2.05, 4.69) is 43.3 Å². The minimum atomic E-state index is 0. The van der Waals surface area contributed by atoms with Gasteiger partial charge >= 0.3 is 0 Å². The van der Waals surface area contributed by atoms with E-state index in [0.29, 0.717) is 11.9 Å². The summed E-state index contributed by atoms with van der Waals surface area (Å²) >= 11 is 0. The molecule has 0 spiro atoms. The first-order valence-corrected chi connectivity index (χ1v) is 8.76. The largest absolute Gasteiger partial charge is 0.370 e. The molecule has 0 amide bonds. The molecular weight excluding hydrogens is 427 g/mol. The topological polar surface area (TPSA) is 81.1 Å². The molecule has 1 aromatic heterocycles. The monoisotopic (exact) mass is 452 g/mol. The Bertz CT molecular complexity index is 782. The second kappa shape index (κ2) is 7.72. The van der Waals surface area contributed by atoms with Crippen molar-refractivity contribution in [3.63, 3.8) is 0 Å². The lowest BCUT2D eigenvalue weighted by Crippen LogP contribution is -2.27. The van der Waals surface area contributed by atoms with Crippen molar-refractivity contribution >= 4 is 35.6 Å². The molecule has 1 aromatic carbocycles. The van der Waals surface area contributed by atoms with Crippen LogP contribution < -0.4 is 11.1 Å². The highest BCUT2D eigenvalue weighted by Gasteiger charge is 2.21. The van der Waals surface area contributed by atoms with E-state index in [1.807, 2.05) is 6.92 Å². The van der Waals surface area contributed by atoms with E-state index in [1.165, 1.54) is 30.4 Å². The van der Waals surface area contributed by atoms with Crippen LogP contribution in [0, 0.1) is 12.8 Å². The number of benzene rings is 1. The van der Waals surface area contributed by atoms with Crippen molar-refractivity contribution in [2.45, 2.75) is 45.6 Å². The van der Waals surface area contributed by atoms with E-state index in [0.717, 1.165) is 43.3 Å². The Hall–Kier alpha value is -1.64. The van der Waals surface area contributed by atoms with Crippen LogP contribution in [-0.2, 0) is 25.8 Å². The van der Waals surface area contributed by atoms with Gasteiger partial charge in [0.05, 0.1) is 0 Å². The number of nitrogens with zero attached hydrogens (tertiary/aromatic N) is 4. The Labute approximate surface area is 165 Å². The Kier molecular flexibility index (Phi) is 5.61. The fourth-order valence-electron chi connectivity index (χ4n) is 3.74. The standard InChI is InChI=1S/C18H24N6.HI/c1-12-22-23-17-8-5-13(11-24(12)17)10-20-18(19)21-16-7-6-14-3-2-4-15(14)9-16;/h6-7,9,13H,2-5,8,10-11H2,1H3,(H3,19,20,21);1H. The van der Waals surface area contributed by atoms with Crippen LogP contribution in [0.3, 0.4) is 0 Å². The van der Waals surface area contributed by atoms with Crippen LogP contribution in [-0.4, -0.2) is 27.3 Å². The number of rotatable bonds is 3. The number of fused-ring (bicyclic) bond motifs is 2. The fourth-order valence-corrected chi connectivity index (χ4v) is 3.74. The van der Waals surface area contributed by atoms with Crippen LogP contribution in [0.4, 0.5) is 5.69 Å². The summed E-state index contributed by atoms with van der Waals surface area (Å²) in [6.07, 6.45) is 5.69. The van der Waals surface area contributed by atoms with Crippen LogP contribution >= 0.6 is 24.0 Å². The first-order valence-electron chi connectivity index (χ1n) is 8.76. The van der Waals surface area contributed by atoms with Gasteiger partial charge in [-0.3, -0.25) is 4.99 Å². The van der Waals surface area contributed by atoms with Crippen LogP contribution in [0.1, 0.15) is 35.6 Å². The second-order valence-electron chi connectivity index (χ2n) is 6.87. The van der Waals surface area contributed by atoms with Gasteiger partial charge < -0.3 is 15.6 Å². The number of nitrogens with one attached hydrogen (secondary N) is 1. The molecule has 2 aromatic rings. The second-order valence-corrected chi connectivity index (χ2v) is 6.87. The van der Waals surface area contributed by atoms with Crippen molar-refractivity contribution in [1.82, 2.24) is 14.8 Å². The van der Waals surface area contributed by atoms with Crippen molar-refractivity contribution in [3.8, 4) is 0 Å². The van der Waals surface area contributed by atoms with Gasteiger partial charge in [0.25, 0.3) is 0 Å². The van der Waals surface area contributed by atoms with Crippen LogP contribution in [0.25, 0.3) is 0 Å². The van der Waals surface area contributed by atoms with E-state index in [4.69, 9.17) is 5.73 Å². The maximum Gasteiger partial charge on any atom is 0.193 e. The molecule has 1 aliphatic heterocycles. The zero-order chi connectivity index (χ0) is 16.5. The van der Waals surface area contributed by atoms with Gasteiger partial charge in [-0.2, -0.15) is 0 Å². The molecule has 0 bridgehead atoms. The predicted octanol–water partition coefficient (Wildman–Crippen LogP) is 2.68. The fraction of sp³-hybridized carbons (Fsp3) is 0.500. The SMILES string of the molecule is Cc1nnc2n1CC(CN=C(N)Nc1ccc3c(c1)CCC3)CC2.I. The molecule has 0 saturated carbocycles. The van der Waals surface area contributed by atoms with Crippen molar-refractivity contribution in [3.05, 3.63) is 41.0 Å². The molecule has 2 aliphatic rings. The Morgan fingerprint density at radius 2 is 2.12 bits per heavy atom. The van der Waals surface area contributed by atoms with Crippen LogP contribution in [0.2, 0.25) is 0 Å². The average molecular weight is 452 g/mol. The number of aliphatic imine (C=N–C) groups is 1.